The number of phosphoric ester groups is 1. The summed E-state index contributed by atoms with van der Waals surface area (Å²) >= 11 is 0. The second-order valence-corrected chi connectivity index (χ2v) is 18.7. The normalized spacial score (nSPS) is 30.9. The zero-order valence-corrected chi connectivity index (χ0v) is 29.8. The van der Waals surface area contributed by atoms with Crippen molar-refractivity contribution < 1.29 is 85.4 Å². The Labute approximate surface area is 294 Å². The molecule has 53 heavy (non-hydrogen) atoms. The number of aliphatic hydroxyl groups is 4. The molecule has 4 aromatic rings. The Balaban J connectivity index is 1.01. The van der Waals surface area contributed by atoms with E-state index in [-0.39, 0.29) is 34.0 Å². The molecule has 0 amide bonds. The molecule has 0 saturated carbocycles. The molecule has 32 heteroatoms. The van der Waals surface area contributed by atoms with E-state index in [0.29, 0.717) is 0 Å². The molecule has 2 aliphatic rings. The average Bonchev–Trinajstić information content (AvgIpc) is 3.80. The van der Waals surface area contributed by atoms with Crippen molar-refractivity contribution in [1.82, 2.24) is 39.0 Å². The van der Waals surface area contributed by atoms with Crippen molar-refractivity contribution in [2.75, 3.05) is 30.6 Å². The van der Waals surface area contributed by atoms with Crippen LogP contribution in [0.15, 0.2) is 25.3 Å². The number of hydrogen-bond acceptors (Lipinski definition) is 22. The molecule has 28 nitrogen and oxygen atoms in total. The molecule has 292 valence electrons. The highest BCUT2D eigenvalue weighted by Crippen LogP contribution is 2.70. The number of aliphatic hydroxyl groups excluding tert-OH is 4. The number of hydrogen-bond donors (Lipinski definition) is 10. The maximum atomic E-state index is 12.6. The number of phosphoric acid groups is 2. The largest absolute Gasteiger partial charge is 0.488 e. The van der Waals surface area contributed by atoms with Crippen molar-refractivity contribution in [2.45, 2.75) is 49.1 Å². The van der Waals surface area contributed by atoms with Crippen LogP contribution >= 0.6 is 30.8 Å². The highest BCUT2D eigenvalue weighted by atomic mass is 31.3. The van der Waals surface area contributed by atoms with Crippen LogP contribution in [-0.2, 0) is 45.4 Å². The maximum Gasteiger partial charge on any atom is 0.488 e. The van der Waals surface area contributed by atoms with Crippen molar-refractivity contribution in [2.24, 2.45) is 0 Å². The summed E-state index contributed by atoms with van der Waals surface area (Å²) in [6.45, 7) is -2.06. The fraction of sp³-hybridized carbons (Fsp3) is 0.524. The molecule has 4 aromatic heterocycles. The van der Waals surface area contributed by atoms with Crippen LogP contribution in [0.1, 0.15) is 12.5 Å². The molecule has 6 heterocycles. The van der Waals surface area contributed by atoms with Gasteiger partial charge in [-0.05, 0) is 0 Å². The summed E-state index contributed by atoms with van der Waals surface area (Å²) in [7, 11) is -22.7. The number of ether oxygens (including phenoxy) is 2. The van der Waals surface area contributed by atoms with Crippen LogP contribution in [0.2, 0.25) is 0 Å². The molecule has 2 saturated heterocycles. The zero-order chi connectivity index (χ0) is 38.7. The van der Waals surface area contributed by atoms with Gasteiger partial charge in [-0.25, -0.2) is 43.3 Å². The lowest BCUT2D eigenvalue weighted by molar-refractivity contribution is -0.0503. The molecule has 6 rings (SSSR count). The van der Waals surface area contributed by atoms with Crippen molar-refractivity contribution in [3.63, 3.8) is 0 Å². The first-order valence-electron chi connectivity index (χ1n) is 14.6. The number of fused-ring (bicyclic) bond motifs is 2. The molecular formula is C21H30N10O18P4. The average molecular weight is 834 g/mol. The van der Waals surface area contributed by atoms with Crippen molar-refractivity contribution >= 4 is 64.8 Å². The van der Waals surface area contributed by atoms with E-state index in [1.54, 1.807) is 0 Å². The van der Waals surface area contributed by atoms with Crippen molar-refractivity contribution in [1.29, 1.82) is 0 Å². The third-order valence-corrected chi connectivity index (χ3v) is 15.0. The lowest BCUT2D eigenvalue weighted by Crippen LogP contribution is -2.33. The Hall–Kier alpha value is -2.94. The van der Waals surface area contributed by atoms with Gasteiger partial charge in [0.2, 0.25) is 0 Å². The first-order chi connectivity index (χ1) is 24.7. The number of nitrogens with zero attached hydrogens (tertiary/aromatic N) is 8. The first-order valence-corrected chi connectivity index (χ1v) is 21.1. The van der Waals surface area contributed by atoms with Crippen molar-refractivity contribution in [3.8, 4) is 0 Å². The Morgan fingerprint density at radius 2 is 1.08 bits per heavy atom. The smallest absolute Gasteiger partial charge is 0.387 e. The predicted molar refractivity (Wildman–Crippen MR) is 170 cm³/mol. The SMILES string of the molecule is Nc1ncnc2c1ncn2[C@H]1O[C@@H](COP(=O)(O)CP(=O)(O)OP(=O)(O)OP(=O)(O)OC[C@@H]2O[C@H](n3cnc4c(N)ncnc43)[C@@H](O)[C@H]2O)[C@H](O)[C@@H]1O. The molecule has 0 radical (unpaired) electrons. The topological polar surface area (TPSA) is 425 Å². The third kappa shape index (κ3) is 8.50. The molecule has 0 bridgehead atoms. The summed E-state index contributed by atoms with van der Waals surface area (Å²) < 4.78 is 80.8. The number of anilines is 2. The van der Waals surface area contributed by atoms with Crippen LogP contribution in [-0.4, -0.2) is 135 Å². The number of aromatic nitrogens is 8. The Bertz CT molecular complexity index is 2040. The van der Waals surface area contributed by atoms with Gasteiger partial charge in [-0.3, -0.25) is 22.8 Å². The summed E-state index contributed by atoms with van der Waals surface area (Å²) in [6, 6.07) is 0. The zero-order valence-electron chi connectivity index (χ0n) is 26.2. The minimum absolute atomic E-state index is 0.00231. The molecule has 2 fully saturated rings. The quantitative estimate of drug-likeness (QED) is 0.0595. The van der Waals surface area contributed by atoms with Gasteiger partial charge in [-0.2, -0.15) is 4.31 Å². The lowest BCUT2D eigenvalue weighted by atomic mass is 10.1. The van der Waals surface area contributed by atoms with Crippen LogP contribution in [0.4, 0.5) is 11.6 Å². The summed E-state index contributed by atoms with van der Waals surface area (Å²) in [5, 5.41) is 41.9. The maximum absolute atomic E-state index is 12.6. The fourth-order valence-corrected chi connectivity index (χ4v) is 11.7. The molecule has 0 aliphatic carbocycles. The second kappa shape index (κ2) is 14.6. The van der Waals surface area contributed by atoms with Gasteiger partial charge in [-0.1, -0.05) is 0 Å². The van der Waals surface area contributed by atoms with E-state index in [1.165, 1.54) is 15.5 Å². The van der Waals surface area contributed by atoms with Crippen LogP contribution in [0.3, 0.4) is 0 Å². The summed E-state index contributed by atoms with van der Waals surface area (Å²) in [5.41, 5.74) is 11.9. The number of rotatable bonds is 14. The van der Waals surface area contributed by atoms with Crippen LogP contribution in [0.5, 0.6) is 0 Å². The van der Waals surface area contributed by atoms with E-state index < -0.39 is 99.0 Å². The van der Waals surface area contributed by atoms with E-state index in [2.05, 4.69) is 43.0 Å². The number of nitrogen functional groups attached to an aromatic ring is 2. The minimum atomic E-state index is -6.07. The van der Waals surface area contributed by atoms with Gasteiger partial charge in [0, 0.05) is 0 Å². The monoisotopic (exact) mass is 834 g/mol. The number of nitrogens with two attached hydrogens (primary N) is 2. The van der Waals surface area contributed by atoms with E-state index in [4.69, 9.17) is 25.5 Å². The van der Waals surface area contributed by atoms with Gasteiger partial charge in [0.1, 0.15) is 60.3 Å². The highest BCUT2D eigenvalue weighted by molar-refractivity contribution is 7.75. The Morgan fingerprint density at radius 3 is 1.55 bits per heavy atom. The molecule has 12 atom stereocenters. The summed E-state index contributed by atoms with van der Waals surface area (Å²) in [4.78, 5) is 63.7. The fourth-order valence-electron chi connectivity index (χ4n) is 5.29. The van der Waals surface area contributed by atoms with Crippen molar-refractivity contribution in [3.05, 3.63) is 25.3 Å². The van der Waals surface area contributed by atoms with Gasteiger partial charge >= 0.3 is 30.8 Å². The first kappa shape index (κ1) is 39.7. The van der Waals surface area contributed by atoms with Gasteiger partial charge in [-0.15, -0.1) is 0 Å². The molecule has 4 unspecified atom stereocenters. The molecule has 0 spiro atoms. The van der Waals surface area contributed by atoms with Gasteiger partial charge in [0.15, 0.2) is 41.3 Å². The number of imidazole rings is 2. The standard InChI is InChI=1S/C21H30N10O18P4/c22-16-10-18(26-3-24-16)30(5-28-10)20-14(34)12(32)8(46-20)1-44-50(36,37)7-51(38,39)48-53(42,43)49-52(40,41)45-2-9-13(33)15(35)21(47-9)31-6-29-11-17(23)25-4-27-19(11)31/h3-6,8-9,12-15,20-21,32-35H,1-2,7H2,(H,36,37)(H,38,39)(H,40,41)(H,42,43)(H2,22,24,26)(H2,23,25,27)/t8-,9-,12-,13-,14-,15-,20-,21-/m0/s1. The lowest BCUT2D eigenvalue weighted by Gasteiger charge is -2.22. The van der Waals surface area contributed by atoms with Crippen LogP contribution in [0.25, 0.3) is 22.3 Å². The van der Waals surface area contributed by atoms with Gasteiger partial charge in [0.25, 0.3) is 0 Å². The molecule has 12 N–H and O–H groups in total. The van der Waals surface area contributed by atoms with E-state index in [0.717, 1.165) is 19.0 Å². The van der Waals surface area contributed by atoms with Gasteiger partial charge in [0.05, 0.1) is 25.9 Å². The van der Waals surface area contributed by atoms with E-state index in [9.17, 15) is 58.3 Å². The van der Waals surface area contributed by atoms with Gasteiger partial charge < -0.3 is 65.5 Å². The third-order valence-electron chi connectivity index (χ3n) is 7.63. The Kier molecular flexibility index (Phi) is 11.0. The van der Waals surface area contributed by atoms with Crippen LogP contribution in [0, 0.1) is 0 Å². The van der Waals surface area contributed by atoms with Crippen LogP contribution < -0.4 is 11.5 Å². The second-order valence-electron chi connectivity index (χ2n) is 11.4. The minimum Gasteiger partial charge on any atom is -0.387 e. The highest BCUT2D eigenvalue weighted by Gasteiger charge is 2.49. The van der Waals surface area contributed by atoms with E-state index >= 15 is 0 Å². The predicted octanol–water partition coefficient (Wildman–Crippen LogP) is -2.34. The summed E-state index contributed by atoms with van der Waals surface area (Å²) in [5.74, 6) is -1.89. The molecule has 2 aliphatic heterocycles. The molecular weight excluding hydrogens is 804 g/mol. The Morgan fingerprint density at radius 1 is 0.623 bits per heavy atom. The molecule has 0 aromatic carbocycles. The summed E-state index contributed by atoms with van der Waals surface area (Å²) in [6.07, 6.45) is -8.22. The van der Waals surface area contributed by atoms with E-state index in [1.807, 2.05) is 0 Å².